The Balaban J connectivity index is 2.46. The normalized spacial score (nSPS) is 10.1. The van der Waals surface area contributed by atoms with Crippen molar-refractivity contribution in [3.05, 3.63) is 51.4 Å². The summed E-state index contributed by atoms with van der Waals surface area (Å²) in [4.78, 5) is 18.1. The standard InChI is InChI=1S/C11H9ClN4O2/c1-7-9(16(17)18)10(15-11(12)13-7)14-8-5-3-2-4-6-8/h2-6H,1H3,(H,13,14,15). The van der Waals surface area contributed by atoms with E-state index in [-0.39, 0.29) is 22.5 Å². The maximum atomic E-state index is 11.0. The van der Waals surface area contributed by atoms with Gasteiger partial charge in [-0.05, 0) is 30.7 Å². The third kappa shape index (κ3) is 2.54. The first kappa shape index (κ1) is 12.3. The Hall–Kier alpha value is -2.21. The van der Waals surface area contributed by atoms with Gasteiger partial charge in [-0.25, -0.2) is 4.98 Å². The van der Waals surface area contributed by atoms with E-state index in [4.69, 9.17) is 11.6 Å². The smallest absolute Gasteiger partial charge is 0.332 e. The molecule has 0 saturated heterocycles. The van der Waals surface area contributed by atoms with Crippen LogP contribution in [-0.4, -0.2) is 14.9 Å². The number of nitro groups is 1. The number of anilines is 2. The zero-order valence-electron chi connectivity index (χ0n) is 9.42. The molecule has 1 aromatic carbocycles. The van der Waals surface area contributed by atoms with E-state index in [9.17, 15) is 10.1 Å². The van der Waals surface area contributed by atoms with Gasteiger partial charge in [-0.15, -0.1) is 0 Å². The largest absolute Gasteiger partial charge is 0.334 e. The molecule has 0 radical (unpaired) electrons. The molecular weight excluding hydrogens is 256 g/mol. The van der Waals surface area contributed by atoms with Crippen LogP contribution in [0.15, 0.2) is 30.3 Å². The van der Waals surface area contributed by atoms with Gasteiger partial charge in [0.1, 0.15) is 5.69 Å². The number of benzene rings is 1. The second-order valence-corrected chi connectivity index (χ2v) is 3.86. The first-order valence-corrected chi connectivity index (χ1v) is 5.46. The average Bonchev–Trinajstić information content (AvgIpc) is 2.28. The number of aryl methyl sites for hydroxylation is 1. The van der Waals surface area contributed by atoms with Gasteiger partial charge in [0.2, 0.25) is 11.1 Å². The van der Waals surface area contributed by atoms with Gasteiger partial charge < -0.3 is 5.32 Å². The van der Waals surface area contributed by atoms with Gasteiger partial charge in [0.05, 0.1) is 4.92 Å². The first-order valence-electron chi connectivity index (χ1n) is 5.08. The monoisotopic (exact) mass is 264 g/mol. The molecule has 2 aromatic rings. The van der Waals surface area contributed by atoms with Crippen LogP contribution in [0.3, 0.4) is 0 Å². The summed E-state index contributed by atoms with van der Waals surface area (Å²) in [6, 6.07) is 9.01. The Morgan fingerprint density at radius 2 is 1.94 bits per heavy atom. The van der Waals surface area contributed by atoms with Crippen molar-refractivity contribution in [1.29, 1.82) is 0 Å². The Bertz CT molecular complexity index is 589. The molecule has 0 bridgehead atoms. The Morgan fingerprint density at radius 3 is 2.56 bits per heavy atom. The SMILES string of the molecule is Cc1nc(Cl)nc(Nc2ccccc2)c1[N+](=O)[O-]. The van der Waals surface area contributed by atoms with Crippen molar-refractivity contribution >= 4 is 28.8 Å². The number of nitrogens with one attached hydrogen (secondary N) is 1. The van der Waals surface area contributed by atoms with Crippen LogP contribution in [0.4, 0.5) is 17.2 Å². The highest BCUT2D eigenvalue weighted by Gasteiger charge is 2.21. The fourth-order valence-corrected chi connectivity index (χ4v) is 1.71. The van der Waals surface area contributed by atoms with Gasteiger partial charge in [0.25, 0.3) is 0 Å². The molecule has 1 N–H and O–H groups in total. The zero-order valence-corrected chi connectivity index (χ0v) is 10.2. The molecule has 2 rings (SSSR count). The summed E-state index contributed by atoms with van der Waals surface area (Å²) in [7, 11) is 0. The van der Waals surface area contributed by atoms with E-state index in [1.54, 1.807) is 12.1 Å². The maximum absolute atomic E-state index is 11.0. The first-order chi connectivity index (χ1) is 8.58. The number of hydrogen-bond donors (Lipinski definition) is 1. The zero-order chi connectivity index (χ0) is 13.1. The Morgan fingerprint density at radius 1 is 1.28 bits per heavy atom. The summed E-state index contributed by atoms with van der Waals surface area (Å²) in [6.45, 7) is 1.52. The summed E-state index contributed by atoms with van der Waals surface area (Å²) in [5, 5.41) is 13.8. The lowest BCUT2D eigenvalue weighted by Gasteiger charge is -2.07. The van der Waals surface area contributed by atoms with Gasteiger partial charge in [-0.3, -0.25) is 10.1 Å². The van der Waals surface area contributed by atoms with Gasteiger partial charge in [-0.2, -0.15) is 4.98 Å². The molecule has 1 heterocycles. The molecule has 7 heteroatoms. The lowest BCUT2D eigenvalue weighted by atomic mass is 10.3. The average molecular weight is 265 g/mol. The fraction of sp³-hybridized carbons (Fsp3) is 0.0909. The second kappa shape index (κ2) is 4.97. The van der Waals surface area contributed by atoms with Gasteiger partial charge >= 0.3 is 5.69 Å². The van der Waals surface area contributed by atoms with Crippen LogP contribution >= 0.6 is 11.6 Å². The molecule has 0 spiro atoms. The van der Waals surface area contributed by atoms with E-state index >= 15 is 0 Å². The van der Waals surface area contributed by atoms with Crippen molar-refractivity contribution in [3.8, 4) is 0 Å². The summed E-state index contributed by atoms with van der Waals surface area (Å²) >= 11 is 5.71. The van der Waals surface area contributed by atoms with Gasteiger partial charge in [0, 0.05) is 5.69 Å². The number of nitrogens with zero attached hydrogens (tertiary/aromatic N) is 3. The number of rotatable bonds is 3. The van der Waals surface area contributed by atoms with E-state index in [0.717, 1.165) is 0 Å². The third-order valence-corrected chi connectivity index (χ3v) is 2.42. The molecule has 0 amide bonds. The lowest BCUT2D eigenvalue weighted by molar-refractivity contribution is -0.385. The van der Waals surface area contributed by atoms with Crippen molar-refractivity contribution in [1.82, 2.24) is 9.97 Å². The van der Waals surface area contributed by atoms with Crippen molar-refractivity contribution < 1.29 is 4.92 Å². The number of hydrogen-bond acceptors (Lipinski definition) is 5. The summed E-state index contributed by atoms with van der Waals surface area (Å²) < 4.78 is 0. The fourth-order valence-electron chi connectivity index (χ4n) is 1.50. The molecule has 18 heavy (non-hydrogen) atoms. The molecular formula is C11H9ClN4O2. The molecule has 0 fully saturated rings. The van der Waals surface area contributed by atoms with Crippen LogP contribution in [0.1, 0.15) is 5.69 Å². The van der Waals surface area contributed by atoms with Gasteiger partial charge in [0.15, 0.2) is 0 Å². The molecule has 0 aliphatic rings. The molecule has 0 aliphatic heterocycles. The minimum Gasteiger partial charge on any atom is -0.334 e. The highest BCUT2D eigenvalue weighted by molar-refractivity contribution is 6.28. The molecule has 0 aliphatic carbocycles. The lowest BCUT2D eigenvalue weighted by Crippen LogP contribution is -2.04. The van der Waals surface area contributed by atoms with Crippen LogP contribution in [0, 0.1) is 17.0 Å². The van der Waals surface area contributed by atoms with E-state index in [1.165, 1.54) is 6.92 Å². The van der Waals surface area contributed by atoms with Crippen LogP contribution in [0.5, 0.6) is 0 Å². The van der Waals surface area contributed by atoms with Crippen molar-refractivity contribution in [2.24, 2.45) is 0 Å². The van der Waals surface area contributed by atoms with Gasteiger partial charge in [-0.1, -0.05) is 18.2 Å². The van der Waals surface area contributed by atoms with Crippen LogP contribution in [0.25, 0.3) is 0 Å². The van der Waals surface area contributed by atoms with Crippen molar-refractivity contribution in [2.75, 3.05) is 5.32 Å². The predicted octanol–water partition coefficient (Wildman–Crippen LogP) is 3.09. The summed E-state index contributed by atoms with van der Waals surface area (Å²) in [5.74, 6) is 0.0868. The second-order valence-electron chi connectivity index (χ2n) is 3.52. The van der Waals surface area contributed by atoms with E-state index in [1.807, 2.05) is 18.2 Å². The predicted molar refractivity (Wildman–Crippen MR) is 68.2 cm³/mol. The molecule has 0 atom stereocenters. The van der Waals surface area contributed by atoms with Crippen LogP contribution < -0.4 is 5.32 Å². The minimum absolute atomic E-state index is 0.0310. The third-order valence-electron chi connectivity index (χ3n) is 2.25. The molecule has 0 saturated carbocycles. The van der Waals surface area contributed by atoms with Crippen molar-refractivity contribution in [2.45, 2.75) is 6.92 Å². The molecule has 0 unspecified atom stereocenters. The highest BCUT2D eigenvalue weighted by atomic mass is 35.5. The van der Waals surface area contributed by atoms with E-state index in [0.29, 0.717) is 5.69 Å². The number of aromatic nitrogens is 2. The van der Waals surface area contributed by atoms with Crippen LogP contribution in [0.2, 0.25) is 5.28 Å². The molecule has 6 nitrogen and oxygen atoms in total. The number of para-hydroxylation sites is 1. The molecule has 92 valence electrons. The van der Waals surface area contributed by atoms with E-state index in [2.05, 4.69) is 15.3 Å². The van der Waals surface area contributed by atoms with Crippen molar-refractivity contribution in [3.63, 3.8) is 0 Å². The topological polar surface area (TPSA) is 81.0 Å². The minimum atomic E-state index is -0.531. The Labute approximate surface area is 108 Å². The highest BCUT2D eigenvalue weighted by Crippen LogP contribution is 2.28. The molecule has 1 aromatic heterocycles. The number of halogens is 1. The van der Waals surface area contributed by atoms with E-state index < -0.39 is 4.92 Å². The summed E-state index contributed by atoms with van der Waals surface area (Å²) in [5.41, 5.74) is 0.733. The quantitative estimate of drug-likeness (QED) is 0.523. The summed E-state index contributed by atoms with van der Waals surface area (Å²) in [6.07, 6.45) is 0. The maximum Gasteiger partial charge on any atom is 0.332 e. The Kier molecular flexibility index (Phi) is 3.38. The van der Waals surface area contributed by atoms with Crippen LogP contribution in [-0.2, 0) is 0 Å².